The van der Waals surface area contributed by atoms with Crippen LogP contribution in [0, 0.1) is 18.3 Å². The van der Waals surface area contributed by atoms with Crippen LogP contribution in [0.2, 0.25) is 0 Å². The van der Waals surface area contributed by atoms with Crippen molar-refractivity contribution < 1.29 is 8.83 Å². The fraction of sp³-hybridized carbons (Fsp3) is 0.0714. The molecule has 0 radical (unpaired) electrons. The van der Waals surface area contributed by atoms with Gasteiger partial charge in [-0.05, 0) is 37.3 Å². The van der Waals surface area contributed by atoms with Gasteiger partial charge in [0.1, 0.15) is 23.3 Å². The minimum atomic E-state index is 0.467. The summed E-state index contributed by atoms with van der Waals surface area (Å²) in [5.74, 6) is 2.21. The van der Waals surface area contributed by atoms with Gasteiger partial charge in [0.05, 0.1) is 17.5 Å². The van der Waals surface area contributed by atoms with Crippen LogP contribution in [-0.2, 0) is 0 Å². The van der Waals surface area contributed by atoms with Crippen LogP contribution < -0.4 is 0 Å². The van der Waals surface area contributed by atoms with Gasteiger partial charge in [-0.1, -0.05) is 0 Å². The van der Waals surface area contributed by atoms with Gasteiger partial charge in [-0.2, -0.15) is 5.26 Å². The minimum absolute atomic E-state index is 0.467. The van der Waals surface area contributed by atoms with E-state index < -0.39 is 0 Å². The summed E-state index contributed by atoms with van der Waals surface area (Å²) in [6.45, 7) is 1.88. The third-order valence-corrected chi connectivity index (χ3v) is 2.72. The smallest absolute Gasteiger partial charge is 0.150 e. The number of nitriles is 1. The van der Waals surface area contributed by atoms with E-state index in [1.807, 2.05) is 31.2 Å². The minimum Gasteiger partial charge on any atom is -0.464 e. The lowest BCUT2D eigenvalue weighted by Crippen LogP contribution is -1.77. The summed E-state index contributed by atoms with van der Waals surface area (Å²) in [4.78, 5) is 3.03. The van der Waals surface area contributed by atoms with E-state index in [1.165, 1.54) is 0 Å². The SMILES string of the molecule is Cc1ccc(-c2cc(-c3ccco3)c(C#N)[nH]2)o1. The molecule has 0 saturated carbocycles. The molecule has 0 spiro atoms. The van der Waals surface area contributed by atoms with E-state index in [0.29, 0.717) is 17.2 Å². The Morgan fingerprint density at radius 1 is 1.22 bits per heavy atom. The first-order valence-electron chi connectivity index (χ1n) is 5.52. The van der Waals surface area contributed by atoms with Crippen molar-refractivity contribution in [3.8, 4) is 28.8 Å². The van der Waals surface area contributed by atoms with Crippen LogP contribution in [0.25, 0.3) is 22.8 Å². The second-order valence-corrected chi connectivity index (χ2v) is 3.97. The molecule has 3 heterocycles. The molecule has 0 aromatic carbocycles. The molecule has 0 saturated heterocycles. The Labute approximate surface area is 103 Å². The third-order valence-electron chi connectivity index (χ3n) is 2.72. The zero-order chi connectivity index (χ0) is 12.5. The van der Waals surface area contributed by atoms with Crippen LogP contribution in [0.5, 0.6) is 0 Å². The normalized spacial score (nSPS) is 10.4. The van der Waals surface area contributed by atoms with Gasteiger partial charge in [0.15, 0.2) is 5.76 Å². The molecular formula is C14H10N2O2. The standard InChI is InChI=1S/C14H10N2O2/c1-9-4-5-14(18-9)11-7-10(12(8-15)16-11)13-3-2-6-17-13/h2-7,16H,1H3. The Morgan fingerprint density at radius 3 is 2.72 bits per heavy atom. The molecule has 0 aliphatic heterocycles. The van der Waals surface area contributed by atoms with Crippen LogP contribution in [0.4, 0.5) is 0 Å². The maximum absolute atomic E-state index is 9.13. The van der Waals surface area contributed by atoms with Crippen molar-refractivity contribution in [2.24, 2.45) is 0 Å². The number of nitrogens with one attached hydrogen (secondary N) is 1. The van der Waals surface area contributed by atoms with E-state index in [0.717, 1.165) is 17.0 Å². The Balaban J connectivity index is 2.12. The lowest BCUT2D eigenvalue weighted by Gasteiger charge is -1.89. The zero-order valence-corrected chi connectivity index (χ0v) is 9.73. The van der Waals surface area contributed by atoms with E-state index in [9.17, 15) is 0 Å². The van der Waals surface area contributed by atoms with E-state index >= 15 is 0 Å². The topological polar surface area (TPSA) is 65.9 Å². The highest BCUT2D eigenvalue weighted by Crippen LogP contribution is 2.30. The van der Waals surface area contributed by atoms with Crippen molar-refractivity contribution in [3.05, 3.63) is 48.0 Å². The molecule has 0 aliphatic carbocycles. The number of aryl methyl sites for hydroxylation is 1. The zero-order valence-electron chi connectivity index (χ0n) is 9.73. The third kappa shape index (κ3) is 1.62. The maximum atomic E-state index is 9.13. The first-order valence-corrected chi connectivity index (χ1v) is 5.52. The molecule has 0 bridgehead atoms. The summed E-state index contributed by atoms with van der Waals surface area (Å²) in [6, 6.07) is 11.3. The van der Waals surface area contributed by atoms with Crippen LogP contribution in [0.3, 0.4) is 0 Å². The summed E-state index contributed by atoms with van der Waals surface area (Å²) in [5, 5.41) is 9.13. The van der Waals surface area contributed by atoms with Crippen molar-refractivity contribution in [3.63, 3.8) is 0 Å². The molecule has 3 aromatic heterocycles. The number of hydrogen-bond donors (Lipinski definition) is 1. The van der Waals surface area contributed by atoms with Crippen molar-refractivity contribution in [2.45, 2.75) is 6.92 Å². The van der Waals surface area contributed by atoms with E-state index in [2.05, 4.69) is 11.1 Å². The number of aromatic amines is 1. The molecule has 0 aliphatic rings. The van der Waals surface area contributed by atoms with Crippen LogP contribution >= 0.6 is 0 Å². The molecule has 0 unspecified atom stereocenters. The molecule has 0 amide bonds. The fourth-order valence-corrected chi connectivity index (χ4v) is 1.88. The number of aromatic nitrogens is 1. The number of H-pyrrole nitrogens is 1. The lowest BCUT2D eigenvalue weighted by molar-refractivity contribution is 0.547. The number of nitrogens with zero attached hydrogens (tertiary/aromatic N) is 1. The summed E-state index contributed by atoms with van der Waals surface area (Å²) in [6.07, 6.45) is 1.58. The van der Waals surface area contributed by atoms with Crippen molar-refractivity contribution in [2.75, 3.05) is 0 Å². The first kappa shape index (κ1) is 10.5. The average Bonchev–Trinajstić information content (AvgIpc) is 3.07. The second-order valence-electron chi connectivity index (χ2n) is 3.97. The molecule has 0 fully saturated rings. The van der Waals surface area contributed by atoms with E-state index in [1.54, 1.807) is 12.3 Å². The van der Waals surface area contributed by atoms with E-state index in [-0.39, 0.29) is 0 Å². The predicted molar refractivity (Wildman–Crippen MR) is 65.6 cm³/mol. The predicted octanol–water partition coefficient (Wildman–Crippen LogP) is 3.71. The Bertz CT molecular complexity index is 711. The molecule has 88 valence electrons. The summed E-state index contributed by atoms with van der Waals surface area (Å²) < 4.78 is 10.8. The van der Waals surface area contributed by atoms with Crippen molar-refractivity contribution in [1.82, 2.24) is 4.98 Å². The monoisotopic (exact) mass is 238 g/mol. The highest BCUT2D eigenvalue weighted by atomic mass is 16.3. The summed E-state index contributed by atoms with van der Waals surface area (Å²) in [7, 11) is 0. The molecule has 1 N–H and O–H groups in total. The molecule has 4 heteroatoms. The highest BCUT2D eigenvalue weighted by molar-refractivity contribution is 5.72. The van der Waals surface area contributed by atoms with Gasteiger partial charge in [0.25, 0.3) is 0 Å². The van der Waals surface area contributed by atoms with Crippen molar-refractivity contribution in [1.29, 1.82) is 5.26 Å². The molecular weight excluding hydrogens is 228 g/mol. The van der Waals surface area contributed by atoms with Crippen LogP contribution in [-0.4, -0.2) is 4.98 Å². The Kier molecular flexibility index (Phi) is 2.31. The average molecular weight is 238 g/mol. The van der Waals surface area contributed by atoms with E-state index in [4.69, 9.17) is 14.1 Å². The van der Waals surface area contributed by atoms with Gasteiger partial charge >= 0.3 is 0 Å². The quantitative estimate of drug-likeness (QED) is 0.739. The van der Waals surface area contributed by atoms with Gasteiger partial charge in [0, 0.05) is 0 Å². The maximum Gasteiger partial charge on any atom is 0.150 e. The van der Waals surface area contributed by atoms with Crippen LogP contribution in [0.1, 0.15) is 11.5 Å². The van der Waals surface area contributed by atoms with Crippen molar-refractivity contribution >= 4 is 0 Å². The van der Waals surface area contributed by atoms with Gasteiger partial charge in [-0.15, -0.1) is 0 Å². The van der Waals surface area contributed by atoms with Gasteiger partial charge in [-0.25, -0.2) is 0 Å². The lowest BCUT2D eigenvalue weighted by atomic mass is 10.2. The summed E-state index contributed by atoms with van der Waals surface area (Å²) >= 11 is 0. The Morgan fingerprint density at radius 2 is 2.11 bits per heavy atom. The van der Waals surface area contributed by atoms with Crippen LogP contribution in [0.15, 0.2) is 45.4 Å². The molecule has 3 rings (SSSR count). The second kappa shape index (κ2) is 3.97. The molecule has 3 aromatic rings. The fourth-order valence-electron chi connectivity index (χ4n) is 1.88. The molecule has 18 heavy (non-hydrogen) atoms. The van der Waals surface area contributed by atoms with Gasteiger partial charge in [-0.3, -0.25) is 0 Å². The number of hydrogen-bond acceptors (Lipinski definition) is 3. The van der Waals surface area contributed by atoms with Gasteiger partial charge < -0.3 is 13.8 Å². The largest absolute Gasteiger partial charge is 0.464 e. The van der Waals surface area contributed by atoms with Gasteiger partial charge in [0.2, 0.25) is 0 Å². The Hall–Kier alpha value is -2.67. The summed E-state index contributed by atoms with van der Waals surface area (Å²) in [5.41, 5.74) is 1.98. The molecule has 4 nitrogen and oxygen atoms in total. The molecule has 0 atom stereocenters. The number of furan rings is 2. The highest BCUT2D eigenvalue weighted by Gasteiger charge is 2.14. The first-order chi connectivity index (χ1) is 8.78. The number of rotatable bonds is 2.